The van der Waals surface area contributed by atoms with Crippen molar-refractivity contribution in [2.75, 3.05) is 25.1 Å². The zero-order chi connectivity index (χ0) is 29.8. The Hall–Kier alpha value is -4.32. The number of amides is 2. The number of hydrogen-bond acceptors (Lipinski definition) is 9. The van der Waals surface area contributed by atoms with Crippen LogP contribution >= 0.6 is 11.6 Å². The number of aliphatic imine (C=N–C) groups is 1. The van der Waals surface area contributed by atoms with E-state index in [1.165, 1.54) is 18.2 Å². The number of methoxy groups -OCH3 is 1. The number of rotatable bonds is 9. The van der Waals surface area contributed by atoms with Gasteiger partial charge in [-0.25, -0.2) is 10.9 Å². The van der Waals surface area contributed by atoms with Crippen LogP contribution in [0.15, 0.2) is 65.7 Å². The molecule has 2 heterocycles. The summed E-state index contributed by atoms with van der Waals surface area (Å²) in [7, 11) is 1.62. The molecule has 2 amide bonds. The van der Waals surface area contributed by atoms with E-state index in [4.69, 9.17) is 21.3 Å². The Morgan fingerprint density at radius 1 is 1.05 bits per heavy atom. The molecule has 1 saturated heterocycles. The van der Waals surface area contributed by atoms with Gasteiger partial charge in [0.25, 0.3) is 5.91 Å². The predicted molar refractivity (Wildman–Crippen MR) is 160 cm³/mol. The maximum Gasteiger partial charge on any atom is 0.255 e. The molecule has 1 fully saturated rings. The van der Waals surface area contributed by atoms with Crippen molar-refractivity contribution >= 4 is 34.8 Å². The Bertz CT molecular complexity index is 1500. The minimum absolute atomic E-state index is 0.0168. The van der Waals surface area contributed by atoms with E-state index in [-0.39, 0.29) is 42.5 Å². The second-order valence-corrected chi connectivity index (χ2v) is 10.5. The molecule has 0 bridgehead atoms. The van der Waals surface area contributed by atoms with Crippen LogP contribution in [0.4, 0.5) is 5.69 Å². The Morgan fingerprint density at radius 3 is 2.57 bits per heavy atom. The van der Waals surface area contributed by atoms with Gasteiger partial charge >= 0.3 is 0 Å². The third-order valence-electron chi connectivity index (χ3n) is 7.29. The first-order valence-corrected chi connectivity index (χ1v) is 14.0. The number of carbonyl (C=O) groups excluding carboxylic acids is 2. The molecule has 0 aliphatic carbocycles. The van der Waals surface area contributed by atoms with Crippen LogP contribution in [-0.2, 0) is 4.79 Å². The molecule has 2 unspecified atom stereocenters. The highest BCUT2D eigenvalue weighted by molar-refractivity contribution is 6.30. The summed E-state index contributed by atoms with van der Waals surface area (Å²) in [4.78, 5) is 32.8. The summed E-state index contributed by atoms with van der Waals surface area (Å²) in [5.41, 5.74) is 10.0. The number of phenolic OH excluding ortho intramolecular Hbond substituents is 2. The molecule has 3 aromatic rings. The molecule has 3 aromatic carbocycles. The molecule has 0 spiro atoms. The summed E-state index contributed by atoms with van der Waals surface area (Å²) in [6.45, 7) is 2.64. The first-order chi connectivity index (χ1) is 20.3. The Morgan fingerprint density at radius 2 is 1.81 bits per heavy atom. The minimum Gasteiger partial charge on any atom is -0.504 e. The molecular weight excluding hydrogens is 560 g/mol. The van der Waals surface area contributed by atoms with Gasteiger partial charge in [-0.1, -0.05) is 29.8 Å². The van der Waals surface area contributed by atoms with E-state index in [9.17, 15) is 19.8 Å². The van der Waals surface area contributed by atoms with E-state index in [0.717, 1.165) is 22.5 Å². The van der Waals surface area contributed by atoms with E-state index >= 15 is 0 Å². The van der Waals surface area contributed by atoms with Crippen molar-refractivity contribution in [2.45, 2.75) is 38.1 Å². The lowest BCUT2D eigenvalue weighted by molar-refractivity contribution is -0.121. The Kier molecular flexibility index (Phi) is 8.81. The van der Waals surface area contributed by atoms with Crippen molar-refractivity contribution < 1.29 is 24.5 Å². The number of fused-ring (bicyclic) bond motifs is 3. The zero-order valence-corrected chi connectivity index (χ0v) is 24.0. The topological polar surface area (TPSA) is 148 Å². The molecule has 0 radical (unpaired) electrons. The largest absolute Gasteiger partial charge is 0.504 e. The molecule has 2 aliphatic rings. The fourth-order valence-corrected chi connectivity index (χ4v) is 5.30. The number of nitrogens with one attached hydrogen (secondary N) is 4. The van der Waals surface area contributed by atoms with Crippen molar-refractivity contribution in [3.05, 3.63) is 82.4 Å². The molecule has 42 heavy (non-hydrogen) atoms. The van der Waals surface area contributed by atoms with E-state index in [1.54, 1.807) is 7.11 Å². The van der Waals surface area contributed by atoms with Crippen LogP contribution in [-0.4, -0.2) is 66.3 Å². The molecule has 220 valence electrons. The van der Waals surface area contributed by atoms with Gasteiger partial charge < -0.3 is 30.5 Å². The van der Waals surface area contributed by atoms with Gasteiger partial charge in [0, 0.05) is 34.9 Å². The predicted octanol–water partition coefficient (Wildman–Crippen LogP) is 2.89. The highest BCUT2D eigenvalue weighted by Crippen LogP contribution is 2.36. The van der Waals surface area contributed by atoms with Gasteiger partial charge in [0.1, 0.15) is 11.9 Å². The van der Waals surface area contributed by atoms with Crippen LogP contribution in [0.5, 0.6) is 17.2 Å². The molecule has 0 saturated carbocycles. The lowest BCUT2D eigenvalue weighted by Crippen LogP contribution is -2.47. The fourth-order valence-electron chi connectivity index (χ4n) is 5.17. The first-order valence-electron chi connectivity index (χ1n) is 13.6. The molecular formula is C30H33ClN6O5. The summed E-state index contributed by atoms with van der Waals surface area (Å²) < 4.78 is 5.53. The van der Waals surface area contributed by atoms with Crippen LogP contribution < -0.4 is 31.1 Å². The average Bonchev–Trinajstić information content (AvgIpc) is 3.31. The molecule has 3 atom stereocenters. The molecule has 12 heteroatoms. The van der Waals surface area contributed by atoms with Crippen molar-refractivity contribution in [2.24, 2.45) is 4.99 Å². The average molecular weight is 593 g/mol. The summed E-state index contributed by atoms with van der Waals surface area (Å²) >= 11 is 6.17. The summed E-state index contributed by atoms with van der Waals surface area (Å²) in [5, 5.41) is 25.7. The lowest BCUT2D eigenvalue weighted by Gasteiger charge is -2.31. The normalized spacial score (nSPS) is 19.3. The number of benzene rings is 3. The number of ether oxygens (including phenoxy) is 1. The Balaban J connectivity index is 1.29. The molecule has 11 nitrogen and oxygen atoms in total. The van der Waals surface area contributed by atoms with Gasteiger partial charge in [0.05, 0.1) is 37.0 Å². The van der Waals surface area contributed by atoms with Gasteiger partial charge in [-0.3, -0.25) is 14.6 Å². The monoisotopic (exact) mass is 592 g/mol. The number of hydrazine groups is 1. The number of halogens is 1. The smallest absolute Gasteiger partial charge is 0.255 e. The van der Waals surface area contributed by atoms with Crippen molar-refractivity contribution in [1.29, 1.82) is 0 Å². The number of aromatic hydroxyl groups is 2. The van der Waals surface area contributed by atoms with Crippen LogP contribution in [0.3, 0.4) is 0 Å². The highest BCUT2D eigenvalue weighted by Gasteiger charge is 2.40. The number of anilines is 1. The van der Waals surface area contributed by atoms with E-state index in [1.807, 2.05) is 49.4 Å². The second kappa shape index (κ2) is 12.7. The van der Waals surface area contributed by atoms with Gasteiger partial charge in [-0.05, 0) is 55.8 Å². The number of carbonyl (C=O) groups is 2. The zero-order valence-electron chi connectivity index (χ0n) is 23.2. The van der Waals surface area contributed by atoms with Crippen molar-refractivity contribution in [3.63, 3.8) is 0 Å². The molecule has 5 rings (SSSR count). The van der Waals surface area contributed by atoms with E-state index < -0.39 is 17.7 Å². The quantitative estimate of drug-likeness (QED) is 0.164. The summed E-state index contributed by atoms with van der Waals surface area (Å²) in [6.07, 6.45) is 0.228. The fraction of sp³-hybridized carbons (Fsp3) is 0.300. The van der Waals surface area contributed by atoms with Crippen LogP contribution in [0.1, 0.15) is 41.3 Å². The summed E-state index contributed by atoms with van der Waals surface area (Å²) in [5.74, 6) is -0.826. The number of nitrogens with zero attached hydrogens (tertiary/aromatic N) is 2. The SMILES string of the molecule is COc1ccc2c(c1)C(c1ccc(Cl)cc1)=N[C@@H](CC(=O)NCCCNC(=O)c1cccc(O)c1O)C1NNC(C)N21. The van der Waals surface area contributed by atoms with Crippen molar-refractivity contribution in [1.82, 2.24) is 21.5 Å². The second-order valence-electron chi connectivity index (χ2n) is 10.1. The molecule has 6 N–H and O–H groups in total. The first kappa shape index (κ1) is 29.2. The highest BCUT2D eigenvalue weighted by atomic mass is 35.5. The third-order valence-corrected chi connectivity index (χ3v) is 7.54. The van der Waals surface area contributed by atoms with Gasteiger partial charge in [-0.15, -0.1) is 0 Å². The maximum absolute atomic E-state index is 13.1. The maximum atomic E-state index is 13.1. The minimum atomic E-state index is -0.512. The number of para-hydroxylation sites is 1. The lowest BCUT2D eigenvalue weighted by atomic mass is 9.99. The van der Waals surface area contributed by atoms with E-state index in [2.05, 4.69) is 26.4 Å². The third kappa shape index (κ3) is 6.13. The molecule has 0 aromatic heterocycles. The van der Waals surface area contributed by atoms with Crippen LogP contribution in [0.2, 0.25) is 5.02 Å². The van der Waals surface area contributed by atoms with Gasteiger partial charge in [0.15, 0.2) is 11.5 Å². The number of hydrogen-bond donors (Lipinski definition) is 6. The van der Waals surface area contributed by atoms with Crippen LogP contribution in [0.25, 0.3) is 0 Å². The van der Waals surface area contributed by atoms with Crippen LogP contribution in [0, 0.1) is 0 Å². The summed E-state index contributed by atoms with van der Waals surface area (Å²) in [6, 6.07) is 17.1. The van der Waals surface area contributed by atoms with Gasteiger partial charge in [0.2, 0.25) is 5.91 Å². The van der Waals surface area contributed by atoms with Gasteiger partial charge in [-0.2, -0.15) is 0 Å². The van der Waals surface area contributed by atoms with Crippen molar-refractivity contribution in [3.8, 4) is 17.2 Å². The molecule has 2 aliphatic heterocycles. The Labute approximate surface area is 248 Å². The number of phenols is 2. The standard InChI is InChI=1S/C30H33ClN6O5/c1-17-35-36-29-23(16-26(39)32-13-4-14-33-30(41)21-5-3-6-25(38)28(21)40)34-27(18-7-9-19(31)10-8-18)22-15-20(42-2)11-12-24(22)37(17)29/h3,5-12,15,17,23,29,35-36,38,40H,4,13-14,16H2,1-2H3,(H,32,39)(H,33,41)/t17?,23-,29?/m0/s1. The van der Waals surface area contributed by atoms with E-state index in [0.29, 0.717) is 23.7 Å².